The molecule has 1 heterocycles. The maximum absolute atomic E-state index is 12.1. The van der Waals surface area contributed by atoms with Crippen molar-refractivity contribution in [3.05, 3.63) is 34.2 Å². The summed E-state index contributed by atoms with van der Waals surface area (Å²) >= 11 is 7.41. The van der Waals surface area contributed by atoms with E-state index in [4.69, 9.17) is 21.1 Å². The average molecular weight is 384 g/mol. The molecular weight excluding hydrogens is 366 g/mol. The van der Waals surface area contributed by atoms with Crippen LogP contribution in [-0.4, -0.2) is 37.6 Å². The van der Waals surface area contributed by atoms with Gasteiger partial charge in [0.1, 0.15) is 4.88 Å². The second-order valence-corrected chi connectivity index (χ2v) is 6.51. The normalized spacial score (nSPS) is 10.5. The van der Waals surface area contributed by atoms with Gasteiger partial charge in [0.15, 0.2) is 6.61 Å². The zero-order valence-corrected chi connectivity index (χ0v) is 15.2. The summed E-state index contributed by atoms with van der Waals surface area (Å²) in [5, 5.41) is 3.69. The van der Waals surface area contributed by atoms with E-state index in [9.17, 15) is 14.4 Å². The van der Waals surface area contributed by atoms with E-state index in [1.54, 1.807) is 6.92 Å². The van der Waals surface area contributed by atoms with Gasteiger partial charge in [-0.05, 0) is 19.4 Å². The molecule has 0 fully saturated rings. The molecule has 0 aliphatic carbocycles. The number of halogens is 1. The number of nitrogens with one attached hydrogen (secondary N) is 1. The van der Waals surface area contributed by atoms with Crippen molar-refractivity contribution in [2.75, 3.05) is 19.8 Å². The van der Waals surface area contributed by atoms with Crippen LogP contribution < -0.4 is 5.32 Å². The molecular formula is C17H18ClNO5S. The van der Waals surface area contributed by atoms with Crippen LogP contribution in [0.15, 0.2) is 24.3 Å². The zero-order chi connectivity index (χ0) is 18.2. The molecule has 0 aliphatic heterocycles. The number of esters is 2. The minimum Gasteiger partial charge on any atom is -0.466 e. The summed E-state index contributed by atoms with van der Waals surface area (Å²) in [6, 6.07) is 7.37. The number of fused-ring (bicyclic) bond motifs is 1. The van der Waals surface area contributed by atoms with E-state index in [2.05, 4.69) is 5.32 Å². The molecule has 1 N–H and O–H groups in total. The van der Waals surface area contributed by atoms with Crippen molar-refractivity contribution in [2.45, 2.75) is 19.8 Å². The number of hydrogen-bond donors (Lipinski definition) is 1. The molecule has 8 heteroatoms. The van der Waals surface area contributed by atoms with Crippen molar-refractivity contribution in [3.63, 3.8) is 0 Å². The monoisotopic (exact) mass is 383 g/mol. The minimum atomic E-state index is -0.632. The van der Waals surface area contributed by atoms with Crippen molar-refractivity contribution in [1.29, 1.82) is 0 Å². The summed E-state index contributed by atoms with van der Waals surface area (Å²) in [5.41, 5.74) is 0. The Morgan fingerprint density at radius 2 is 1.96 bits per heavy atom. The third kappa shape index (κ3) is 5.44. The Morgan fingerprint density at radius 1 is 1.20 bits per heavy atom. The Morgan fingerprint density at radius 3 is 2.68 bits per heavy atom. The number of carbonyl (C=O) groups excluding carboxylic acids is 3. The van der Waals surface area contributed by atoms with Gasteiger partial charge < -0.3 is 14.8 Å². The zero-order valence-electron chi connectivity index (χ0n) is 13.7. The van der Waals surface area contributed by atoms with Gasteiger partial charge in [0.05, 0.1) is 11.6 Å². The summed E-state index contributed by atoms with van der Waals surface area (Å²) in [5.74, 6) is -1.37. The first-order valence-corrected chi connectivity index (χ1v) is 8.98. The first-order chi connectivity index (χ1) is 12.0. The van der Waals surface area contributed by atoms with Crippen LogP contribution in [-0.2, 0) is 19.1 Å². The lowest BCUT2D eigenvalue weighted by molar-refractivity contribution is -0.143. The van der Waals surface area contributed by atoms with Crippen molar-refractivity contribution in [1.82, 2.24) is 5.32 Å². The molecule has 134 valence electrons. The molecule has 0 radical (unpaired) electrons. The van der Waals surface area contributed by atoms with Gasteiger partial charge >= 0.3 is 11.9 Å². The lowest BCUT2D eigenvalue weighted by Gasteiger charge is -2.06. The second-order valence-electron chi connectivity index (χ2n) is 5.08. The topological polar surface area (TPSA) is 81.7 Å². The van der Waals surface area contributed by atoms with E-state index in [0.29, 0.717) is 24.6 Å². The number of amides is 1. The van der Waals surface area contributed by atoms with Crippen LogP contribution in [0.3, 0.4) is 0 Å². The lowest BCUT2D eigenvalue weighted by Crippen LogP contribution is -2.29. The standard InChI is InChI=1S/C17H18ClNO5S/c1-2-23-14(21)8-5-9-19-13(20)10-24-17(22)16-15(18)11-6-3-4-7-12(11)25-16/h3-4,6-7H,2,5,8-10H2,1H3,(H,19,20). The molecule has 25 heavy (non-hydrogen) atoms. The van der Waals surface area contributed by atoms with E-state index in [1.807, 2.05) is 24.3 Å². The fourth-order valence-electron chi connectivity index (χ4n) is 2.09. The van der Waals surface area contributed by atoms with Crippen LogP contribution in [0, 0.1) is 0 Å². The van der Waals surface area contributed by atoms with Gasteiger partial charge in [-0.15, -0.1) is 11.3 Å². The minimum absolute atomic E-state index is 0.227. The Hall–Kier alpha value is -2.12. The van der Waals surface area contributed by atoms with E-state index >= 15 is 0 Å². The predicted molar refractivity (Wildman–Crippen MR) is 96.0 cm³/mol. The molecule has 0 saturated carbocycles. The fourth-order valence-corrected chi connectivity index (χ4v) is 3.49. The maximum atomic E-state index is 12.1. The van der Waals surface area contributed by atoms with Crippen LogP contribution in [0.4, 0.5) is 0 Å². The van der Waals surface area contributed by atoms with Gasteiger partial charge in [-0.3, -0.25) is 9.59 Å². The third-order valence-corrected chi connectivity index (χ3v) is 4.90. The number of benzene rings is 1. The van der Waals surface area contributed by atoms with Gasteiger partial charge in [-0.1, -0.05) is 29.8 Å². The highest BCUT2D eigenvalue weighted by Gasteiger charge is 2.19. The summed E-state index contributed by atoms with van der Waals surface area (Å²) in [7, 11) is 0. The summed E-state index contributed by atoms with van der Waals surface area (Å²) in [6.07, 6.45) is 0.686. The van der Waals surface area contributed by atoms with Crippen LogP contribution in [0.5, 0.6) is 0 Å². The van der Waals surface area contributed by atoms with E-state index < -0.39 is 18.5 Å². The molecule has 0 bridgehead atoms. The molecule has 0 spiro atoms. The number of rotatable bonds is 8. The molecule has 1 aromatic heterocycles. The molecule has 0 saturated heterocycles. The Labute approximate surface area is 154 Å². The van der Waals surface area contributed by atoms with Crippen molar-refractivity contribution < 1.29 is 23.9 Å². The SMILES string of the molecule is CCOC(=O)CCCNC(=O)COC(=O)c1sc2ccccc2c1Cl. The second kappa shape index (κ2) is 9.39. The van der Waals surface area contributed by atoms with Crippen LogP contribution >= 0.6 is 22.9 Å². The fraction of sp³-hybridized carbons (Fsp3) is 0.353. The van der Waals surface area contributed by atoms with E-state index in [0.717, 1.165) is 10.1 Å². The number of carbonyl (C=O) groups is 3. The van der Waals surface area contributed by atoms with Crippen LogP contribution in [0.25, 0.3) is 10.1 Å². The maximum Gasteiger partial charge on any atom is 0.350 e. The first-order valence-electron chi connectivity index (χ1n) is 7.79. The molecule has 2 rings (SSSR count). The highest BCUT2D eigenvalue weighted by Crippen LogP contribution is 2.35. The quantitative estimate of drug-likeness (QED) is 0.559. The van der Waals surface area contributed by atoms with E-state index in [-0.39, 0.29) is 17.3 Å². The Kier molecular flexibility index (Phi) is 7.21. The lowest BCUT2D eigenvalue weighted by atomic mass is 10.2. The van der Waals surface area contributed by atoms with Crippen molar-refractivity contribution >= 4 is 50.9 Å². The van der Waals surface area contributed by atoms with Gasteiger partial charge in [-0.2, -0.15) is 0 Å². The summed E-state index contributed by atoms with van der Waals surface area (Å²) in [4.78, 5) is 35.2. The van der Waals surface area contributed by atoms with Gasteiger partial charge in [-0.25, -0.2) is 4.79 Å². The molecule has 6 nitrogen and oxygen atoms in total. The molecule has 0 atom stereocenters. The van der Waals surface area contributed by atoms with E-state index in [1.165, 1.54) is 11.3 Å². The Balaban J connectivity index is 1.76. The van der Waals surface area contributed by atoms with Crippen molar-refractivity contribution in [3.8, 4) is 0 Å². The molecule has 0 aliphatic rings. The predicted octanol–water partition coefficient (Wildman–Crippen LogP) is 3.17. The third-order valence-electron chi connectivity index (χ3n) is 3.24. The van der Waals surface area contributed by atoms with Gasteiger partial charge in [0.2, 0.25) is 0 Å². The molecule has 1 aromatic carbocycles. The smallest absolute Gasteiger partial charge is 0.350 e. The number of thiophene rings is 1. The summed E-state index contributed by atoms with van der Waals surface area (Å²) < 4.78 is 10.7. The average Bonchev–Trinajstić information content (AvgIpc) is 2.94. The largest absolute Gasteiger partial charge is 0.466 e. The molecule has 2 aromatic rings. The van der Waals surface area contributed by atoms with Crippen molar-refractivity contribution in [2.24, 2.45) is 0 Å². The molecule has 0 unspecified atom stereocenters. The Bertz CT molecular complexity index is 773. The first kappa shape index (κ1) is 19.2. The highest BCUT2D eigenvalue weighted by atomic mass is 35.5. The van der Waals surface area contributed by atoms with Gasteiger partial charge in [0, 0.05) is 23.1 Å². The highest BCUT2D eigenvalue weighted by molar-refractivity contribution is 7.21. The van der Waals surface area contributed by atoms with Crippen LogP contribution in [0.1, 0.15) is 29.4 Å². The van der Waals surface area contributed by atoms with Gasteiger partial charge in [0.25, 0.3) is 5.91 Å². The summed E-state index contributed by atoms with van der Waals surface area (Å²) in [6.45, 7) is 1.97. The molecule has 1 amide bonds. The number of hydrogen-bond acceptors (Lipinski definition) is 6. The van der Waals surface area contributed by atoms with Crippen LogP contribution in [0.2, 0.25) is 5.02 Å². The number of ether oxygens (including phenoxy) is 2.